The molecule has 1 aromatic carbocycles. The summed E-state index contributed by atoms with van der Waals surface area (Å²) in [4.78, 5) is 16.9. The zero-order chi connectivity index (χ0) is 27.7. The highest BCUT2D eigenvalue weighted by atomic mass is 32.2. The number of rotatable bonds is 7. The Hall–Kier alpha value is -3.22. The van der Waals surface area contributed by atoms with Crippen LogP contribution in [0.2, 0.25) is 0 Å². The molecule has 4 heterocycles. The molecule has 2 aliphatic heterocycles. The summed E-state index contributed by atoms with van der Waals surface area (Å²) in [5.41, 5.74) is -0.158. The Bertz CT molecular complexity index is 1590. The summed E-state index contributed by atoms with van der Waals surface area (Å²) in [7, 11) is -4.11. The Morgan fingerprint density at radius 1 is 1.21 bits per heavy atom. The number of nitrogens with zero attached hydrogens (tertiary/aromatic N) is 7. The third-order valence-electron chi connectivity index (χ3n) is 7.61. The number of sulfonamides is 1. The van der Waals surface area contributed by atoms with Crippen molar-refractivity contribution >= 4 is 43.9 Å². The van der Waals surface area contributed by atoms with Crippen LogP contribution in [0.4, 0.5) is 14.5 Å². The molecular formula is C24H26F2N8O3S2. The smallest absolute Gasteiger partial charge is 0.291 e. The predicted molar refractivity (Wildman–Crippen MR) is 138 cm³/mol. The van der Waals surface area contributed by atoms with E-state index in [1.807, 2.05) is 24.8 Å². The molecule has 2 saturated heterocycles. The Kier molecular flexibility index (Phi) is 6.12. The van der Waals surface area contributed by atoms with Crippen LogP contribution in [0.3, 0.4) is 0 Å². The fraction of sp³-hybridized carbons (Fsp3) is 0.542. The van der Waals surface area contributed by atoms with E-state index in [0.717, 1.165) is 12.8 Å². The molecule has 3 aromatic rings. The number of hydrogen-bond acceptors (Lipinski definition) is 9. The predicted octanol–water partition coefficient (Wildman–Crippen LogP) is 2.98. The van der Waals surface area contributed by atoms with Gasteiger partial charge < -0.3 is 9.80 Å². The molecule has 1 amide bonds. The van der Waals surface area contributed by atoms with Crippen molar-refractivity contribution < 1.29 is 22.0 Å². The zero-order valence-electron chi connectivity index (χ0n) is 21.2. The van der Waals surface area contributed by atoms with E-state index in [-0.39, 0.29) is 33.9 Å². The van der Waals surface area contributed by atoms with Crippen molar-refractivity contribution in [2.45, 2.75) is 68.5 Å². The number of alkyl halides is 2. The van der Waals surface area contributed by atoms with Gasteiger partial charge in [0.2, 0.25) is 21.1 Å². The van der Waals surface area contributed by atoms with Crippen LogP contribution in [0.15, 0.2) is 23.2 Å². The monoisotopic (exact) mass is 576 g/mol. The Balaban J connectivity index is 1.45. The van der Waals surface area contributed by atoms with Gasteiger partial charge >= 0.3 is 0 Å². The second-order valence-corrected chi connectivity index (χ2v) is 13.3. The van der Waals surface area contributed by atoms with E-state index in [1.165, 1.54) is 10.7 Å². The number of nitrogens with one attached hydrogen (secondary N) is 1. The summed E-state index contributed by atoms with van der Waals surface area (Å²) >= 11 is 0.671. The largest absolute Gasteiger partial charge is 0.367 e. The molecule has 39 heavy (non-hydrogen) atoms. The van der Waals surface area contributed by atoms with Crippen molar-refractivity contribution in [2.24, 2.45) is 5.92 Å². The highest BCUT2D eigenvalue weighted by Crippen LogP contribution is 2.40. The number of carbonyl (C=O) groups excluding carboxylic acids is 1. The van der Waals surface area contributed by atoms with E-state index in [9.17, 15) is 27.3 Å². The van der Waals surface area contributed by atoms with Gasteiger partial charge in [-0.05, 0) is 37.8 Å². The number of amides is 1. The molecule has 15 heteroatoms. The van der Waals surface area contributed by atoms with Gasteiger partial charge in [0, 0.05) is 42.2 Å². The maximum atomic E-state index is 13.5. The van der Waals surface area contributed by atoms with Crippen LogP contribution in [0.1, 0.15) is 51.0 Å². The number of hydrogen-bond donors (Lipinski definition) is 1. The van der Waals surface area contributed by atoms with Crippen molar-refractivity contribution in [3.8, 4) is 11.2 Å². The number of carbonyl (C=O) groups is 1. The maximum Gasteiger partial charge on any atom is 0.291 e. The van der Waals surface area contributed by atoms with Crippen LogP contribution in [0, 0.1) is 17.2 Å². The van der Waals surface area contributed by atoms with Gasteiger partial charge in [-0.1, -0.05) is 25.2 Å². The fourth-order valence-corrected chi connectivity index (χ4v) is 7.57. The number of nitriles is 1. The lowest BCUT2D eigenvalue weighted by atomic mass is 10.1. The second-order valence-electron chi connectivity index (χ2n) is 10.6. The molecule has 2 atom stereocenters. The number of halogens is 2. The number of benzene rings is 1. The number of aromatic nitrogens is 4. The minimum Gasteiger partial charge on any atom is -0.367 e. The van der Waals surface area contributed by atoms with Crippen molar-refractivity contribution in [3.05, 3.63) is 23.3 Å². The molecule has 3 fully saturated rings. The highest BCUT2D eigenvalue weighted by Gasteiger charge is 2.47. The maximum absolute atomic E-state index is 13.5. The summed E-state index contributed by atoms with van der Waals surface area (Å²) in [5, 5.41) is 21.5. The average molecular weight is 577 g/mol. The van der Waals surface area contributed by atoms with Gasteiger partial charge in [-0.25, -0.2) is 21.9 Å². The van der Waals surface area contributed by atoms with Crippen LogP contribution in [-0.2, 0) is 14.8 Å². The van der Waals surface area contributed by atoms with Crippen molar-refractivity contribution in [3.63, 3.8) is 0 Å². The topological polar surface area (TPSA) is 137 Å². The van der Waals surface area contributed by atoms with E-state index in [4.69, 9.17) is 0 Å². The first-order valence-corrected chi connectivity index (χ1v) is 15.0. The van der Waals surface area contributed by atoms with E-state index in [2.05, 4.69) is 24.9 Å². The first kappa shape index (κ1) is 26.0. The summed E-state index contributed by atoms with van der Waals surface area (Å²) in [6.07, 6.45) is 1.32. The molecular weight excluding hydrogens is 550 g/mol. The molecule has 3 aliphatic rings. The standard InChI is InChI=1S/C24H26F2N8O3S2/c1-13(2)22(35)33-14-3-4-15(33)11-32(10-14)18-7-16(39(36,37)31-24(12-27)5-6-24)8-19-17(18)9-28-34(19)23-30-29-21(38-23)20(25)26/h7-9,13-15,20,31H,3-6,10-11H2,1-2H3/t14-,15+. The zero-order valence-corrected chi connectivity index (χ0v) is 22.8. The van der Waals surface area contributed by atoms with Crippen LogP contribution < -0.4 is 9.62 Å². The van der Waals surface area contributed by atoms with Gasteiger partial charge in [0.15, 0.2) is 5.01 Å². The molecule has 1 aliphatic carbocycles. The minimum absolute atomic E-state index is 0.00721. The second kappa shape index (κ2) is 9.17. The number of anilines is 1. The Morgan fingerprint density at radius 3 is 2.46 bits per heavy atom. The van der Waals surface area contributed by atoms with Gasteiger partial charge in [0.1, 0.15) is 5.54 Å². The molecule has 1 saturated carbocycles. The average Bonchev–Trinajstić information content (AvgIpc) is 3.19. The van der Waals surface area contributed by atoms with Crippen molar-refractivity contribution in [1.82, 2.24) is 29.6 Å². The van der Waals surface area contributed by atoms with Gasteiger partial charge in [0.05, 0.1) is 22.7 Å². The lowest BCUT2D eigenvalue weighted by Gasteiger charge is -2.43. The van der Waals surface area contributed by atoms with Crippen LogP contribution in [0.25, 0.3) is 16.0 Å². The van der Waals surface area contributed by atoms with Gasteiger partial charge in [-0.15, -0.1) is 10.2 Å². The van der Waals surface area contributed by atoms with E-state index in [0.29, 0.717) is 53.9 Å². The Morgan fingerprint density at radius 2 is 1.90 bits per heavy atom. The lowest BCUT2D eigenvalue weighted by Crippen LogP contribution is -2.56. The summed E-state index contributed by atoms with van der Waals surface area (Å²) in [6.45, 7) is 4.80. The van der Waals surface area contributed by atoms with E-state index < -0.39 is 27.0 Å². The molecule has 0 unspecified atom stereocenters. The van der Waals surface area contributed by atoms with Gasteiger partial charge in [-0.2, -0.15) is 15.1 Å². The van der Waals surface area contributed by atoms with Crippen LogP contribution >= 0.6 is 11.3 Å². The molecule has 6 rings (SSSR count). The van der Waals surface area contributed by atoms with Crippen molar-refractivity contribution in [2.75, 3.05) is 18.0 Å². The molecule has 0 radical (unpaired) electrons. The van der Waals surface area contributed by atoms with Crippen LogP contribution in [0.5, 0.6) is 0 Å². The third-order valence-corrected chi connectivity index (χ3v) is 10.0. The first-order valence-electron chi connectivity index (χ1n) is 12.7. The normalized spacial score (nSPS) is 22.2. The summed E-state index contributed by atoms with van der Waals surface area (Å²) < 4.78 is 57.2. The fourth-order valence-electron chi connectivity index (χ4n) is 5.49. The minimum atomic E-state index is -4.11. The molecule has 0 spiro atoms. The van der Waals surface area contributed by atoms with Gasteiger partial charge in [0.25, 0.3) is 6.43 Å². The molecule has 11 nitrogen and oxygen atoms in total. The number of piperazine rings is 1. The highest BCUT2D eigenvalue weighted by molar-refractivity contribution is 7.89. The number of fused-ring (bicyclic) bond motifs is 3. The van der Waals surface area contributed by atoms with Gasteiger partial charge in [-0.3, -0.25) is 4.79 Å². The first-order chi connectivity index (χ1) is 18.5. The van der Waals surface area contributed by atoms with E-state index in [1.54, 1.807) is 12.3 Å². The van der Waals surface area contributed by atoms with Crippen molar-refractivity contribution in [1.29, 1.82) is 5.26 Å². The summed E-state index contributed by atoms with van der Waals surface area (Å²) in [6, 6.07) is 5.00. The lowest BCUT2D eigenvalue weighted by molar-refractivity contribution is -0.137. The third kappa shape index (κ3) is 4.44. The van der Waals surface area contributed by atoms with Crippen LogP contribution in [-0.4, -0.2) is 69.9 Å². The molecule has 1 N–H and O–H groups in total. The Labute approximate surface area is 227 Å². The molecule has 2 bridgehead atoms. The molecule has 206 valence electrons. The molecule has 2 aromatic heterocycles. The SMILES string of the molecule is CC(C)C(=O)N1[C@@H]2CC[C@H]1CN(c1cc(S(=O)(=O)NC3(C#N)CC3)cc3c1cnn3-c1nnc(C(F)F)s1)C2. The van der Waals surface area contributed by atoms with E-state index >= 15 is 0 Å². The quantitative estimate of drug-likeness (QED) is 0.453. The summed E-state index contributed by atoms with van der Waals surface area (Å²) in [5.74, 6) is -0.0120.